The average molecular weight is 421 g/mol. The number of carbonyl (C=O) groups is 1. The summed E-state index contributed by atoms with van der Waals surface area (Å²) in [5.41, 5.74) is 4.55. The van der Waals surface area contributed by atoms with E-state index in [0.717, 1.165) is 11.3 Å². The van der Waals surface area contributed by atoms with E-state index in [1.165, 1.54) is 15.6 Å². The molecule has 1 saturated heterocycles. The van der Waals surface area contributed by atoms with Crippen LogP contribution >= 0.6 is 11.3 Å². The summed E-state index contributed by atoms with van der Waals surface area (Å²) in [6.07, 6.45) is 2.58. The summed E-state index contributed by atoms with van der Waals surface area (Å²) < 4.78 is 26.9. The van der Waals surface area contributed by atoms with Gasteiger partial charge < -0.3 is 4.90 Å². The van der Waals surface area contributed by atoms with Crippen LogP contribution in [0.1, 0.15) is 18.4 Å². The number of hydrogen-bond acceptors (Lipinski definition) is 6. The molecule has 0 unspecified atom stereocenters. The molecular formula is C19H24N4O3S2. The summed E-state index contributed by atoms with van der Waals surface area (Å²) >= 11 is 1.21. The minimum atomic E-state index is -3.44. The lowest BCUT2D eigenvalue weighted by molar-refractivity contribution is -0.126. The van der Waals surface area contributed by atoms with Gasteiger partial charge in [0.25, 0.3) is 10.0 Å². The molecule has 0 spiro atoms. The van der Waals surface area contributed by atoms with Gasteiger partial charge in [0, 0.05) is 38.8 Å². The van der Waals surface area contributed by atoms with Crippen molar-refractivity contribution < 1.29 is 13.2 Å². The third kappa shape index (κ3) is 4.78. The Balaban J connectivity index is 1.50. The van der Waals surface area contributed by atoms with Gasteiger partial charge in [0.1, 0.15) is 4.21 Å². The molecule has 1 fully saturated rings. The van der Waals surface area contributed by atoms with Crippen molar-refractivity contribution in [3.05, 3.63) is 47.3 Å². The van der Waals surface area contributed by atoms with Crippen LogP contribution in [0.4, 0.5) is 5.69 Å². The molecule has 1 aliphatic heterocycles. The van der Waals surface area contributed by atoms with Crippen LogP contribution in [0.3, 0.4) is 0 Å². The maximum absolute atomic E-state index is 12.5. The Morgan fingerprint density at radius 1 is 1.21 bits per heavy atom. The van der Waals surface area contributed by atoms with Gasteiger partial charge in [-0.05, 0) is 42.0 Å². The number of benzene rings is 1. The Bertz CT molecular complexity index is 915. The van der Waals surface area contributed by atoms with Crippen LogP contribution in [0.2, 0.25) is 0 Å². The summed E-state index contributed by atoms with van der Waals surface area (Å²) in [6, 6.07) is 11.2. The number of thiophene rings is 1. The van der Waals surface area contributed by atoms with Crippen LogP contribution in [0.25, 0.3) is 0 Å². The number of hydrazone groups is 1. The highest BCUT2D eigenvalue weighted by molar-refractivity contribution is 7.91. The Morgan fingerprint density at radius 2 is 1.89 bits per heavy atom. The highest BCUT2D eigenvalue weighted by Crippen LogP contribution is 2.26. The largest absolute Gasteiger partial charge is 0.378 e. The summed E-state index contributed by atoms with van der Waals surface area (Å²) in [5, 5.41) is 5.78. The van der Waals surface area contributed by atoms with Gasteiger partial charge in [-0.1, -0.05) is 18.2 Å². The van der Waals surface area contributed by atoms with E-state index >= 15 is 0 Å². The number of sulfonamides is 1. The first kappa shape index (κ1) is 20.5. The number of amides is 1. The van der Waals surface area contributed by atoms with E-state index in [0.29, 0.717) is 30.1 Å². The number of carbonyl (C=O) groups excluding carboxylic acids is 1. The highest BCUT2D eigenvalue weighted by atomic mass is 32.2. The van der Waals surface area contributed by atoms with Gasteiger partial charge in [-0.2, -0.15) is 9.41 Å². The highest BCUT2D eigenvalue weighted by Gasteiger charge is 2.32. The molecule has 28 heavy (non-hydrogen) atoms. The average Bonchev–Trinajstić information content (AvgIpc) is 3.24. The van der Waals surface area contributed by atoms with Crippen LogP contribution in [0, 0.1) is 5.92 Å². The minimum Gasteiger partial charge on any atom is -0.378 e. The molecule has 3 rings (SSSR count). The third-order valence-electron chi connectivity index (χ3n) is 4.71. The van der Waals surface area contributed by atoms with E-state index < -0.39 is 10.0 Å². The fourth-order valence-corrected chi connectivity index (χ4v) is 5.63. The van der Waals surface area contributed by atoms with Gasteiger partial charge in [-0.15, -0.1) is 11.3 Å². The summed E-state index contributed by atoms with van der Waals surface area (Å²) in [6.45, 7) is 0.683. The second-order valence-electron chi connectivity index (χ2n) is 6.83. The number of nitrogens with one attached hydrogen (secondary N) is 1. The van der Waals surface area contributed by atoms with Gasteiger partial charge >= 0.3 is 0 Å². The van der Waals surface area contributed by atoms with E-state index in [1.807, 2.05) is 43.3 Å². The van der Waals surface area contributed by atoms with Gasteiger partial charge in [0.05, 0.1) is 6.21 Å². The minimum absolute atomic E-state index is 0.172. The SMILES string of the molecule is CN(C)c1ccc(/C=N\NC(=O)C2CCN(S(=O)(=O)c3cccs3)CC2)cc1. The second kappa shape index (κ2) is 8.85. The van der Waals surface area contributed by atoms with Gasteiger partial charge in [-0.3, -0.25) is 4.79 Å². The van der Waals surface area contributed by atoms with Crippen LogP contribution in [0.15, 0.2) is 51.1 Å². The summed E-state index contributed by atoms with van der Waals surface area (Å²) in [7, 11) is 0.502. The molecule has 0 aliphatic carbocycles. The van der Waals surface area contributed by atoms with E-state index in [1.54, 1.807) is 23.7 Å². The molecule has 150 valence electrons. The lowest BCUT2D eigenvalue weighted by atomic mass is 9.98. The van der Waals surface area contributed by atoms with Crippen molar-refractivity contribution in [1.82, 2.24) is 9.73 Å². The molecule has 0 saturated carbocycles. The number of anilines is 1. The van der Waals surface area contributed by atoms with Crippen molar-refractivity contribution in [2.75, 3.05) is 32.1 Å². The normalized spacial score (nSPS) is 16.4. The quantitative estimate of drug-likeness (QED) is 0.575. The molecule has 0 bridgehead atoms. The zero-order chi connectivity index (χ0) is 20.1. The molecule has 0 atom stereocenters. The zero-order valence-electron chi connectivity index (χ0n) is 15.9. The molecular weight excluding hydrogens is 396 g/mol. The van der Waals surface area contributed by atoms with Crippen molar-refractivity contribution >= 4 is 39.2 Å². The fraction of sp³-hybridized carbons (Fsp3) is 0.368. The summed E-state index contributed by atoms with van der Waals surface area (Å²) in [4.78, 5) is 14.3. The number of hydrogen-bond donors (Lipinski definition) is 1. The van der Waals surface area contributed by atoms with Crippen molar-refractivity contribution in [3.63, 3.8) is 0 Å². The van der Waals surface area contributed by atoms with Crippen LogP contribution in [-0.2, 0) is 14.8 Å². The number of rotatable bonds is 6. The molecule has 1 amide bonds. The maximum Gasteiger partial charge on any atom is 0.252 e. The van der Waals surface area contributed by atoms with Gasteiger partial charge in [0.15, 0.2) is 0 Å². The third-order valence-corrected chi connectivity index (χ3v) is 7.98. The van der Waals surface area contributed by atoms with E-state index in [-0.39, 0.29) is 11.8 Å². The lowest BCUT2D eigenvalue weighted by Gasteiger charge is -2.29. The van der Waals surface area contributed by atoms with E-state index in [4.69, 9.17) is 0 Å². The van der Waals surface area contributed by atoms with E-state index in [2.05, 4.69) is 10.5 Å². The molecule has 2 aromatic rings. The number of nitrogens with zero attached hydrogens (tertiary/aromatic N) is 3. The van der Waals surface area contributed by atoms with Crippen molar-refractivity contribution in [2.45, 2.75) is 17.1 Å². The van der Waals surface area contributed by atoms with Gasteiger partial charge in [-0.25, -0.2) is 13.8 Å². The first-order chi connectivity index (χ1) is 13.4. The second-order valence-corrected chi connectivity index (χ2v) is 9.94. The first-order valence-corrected chi connectivity index (χ1v) is 11.3. The molecule has 7 nitrogen and oxygen atoms in total. The first-order valence-electron chi connectivity index (χ1n) is 9.02. The van der Waals surface area contributed by atoms with Crippen molar-refractivity contribution in [2.24, 2.45) is 11.0 Å². The van der Waals surface area contributed by atoms with Gasteiger partial charge in [0.2, 0.25) is 5.91 Å². The Morgan fingerprint density at radius 3 is 2.46 bits per heavy atom. The summed E-state index contributed by atoms with van der Waals surface area (Å²) in [5.74, 6) is -0.405. The molecule has 9 heteroatoms. The topological polar surface area (TPSA) is 82.1 Å². The van der Waals surface area contributed by atoms with Crippen molar-refractivity contribution in [3.8, 4) is 0 Å². The predicted octanol–water partition coefficient (Wildman–Crippen LogP) is 2.37. The zero-order valence-corrected chi connectivity index (χ0v) is 17.5. The molecule has 1 N–H and O–H groups in total. The Kier molecular flexibility index (Phi) is 6.48. The Hall–Kier alpha value is -2.23. The molecule has 1 aromatic heterocycles. The molecule has 1 aliphatic rings. The smallest absolute Gasteiger partial charge is 0.252 e. The van der Waals surface area contributed by atoms with Crippen LogP contribution < -0.4 is 10.3 Å². The molecule has 2 heterocycles. The maximum atomic E-state index is 12.5. The molecule has 0 radical (unpaired) electrons. The van der Waals surface area contributed by atoms with Crippen LogP contribution in [-0.4, -0.2) is 52.0 Å². The number of piperidine rings is 1. The monoisotopic (exact) mass is 420 g/mol. The molecule has 1 aromatic carbocycles. The standard InChI is InChI=1S/C19H24N4O3S2/c1-22(2)17-7-5-15(6-8-17)14-20-21-19(24)16-9-11-23(12-10-16)28(25,26)18-4-3-13-27-18/h3-8,13-14,16H,9-12H2,1-2H3,(H,21,24)/b20-14-. The van der Waals surface area contributed by atoms with Crippen molar-refractivity contribution in [1.29, 1.82) is 0 Å². The van der Waals surface area contributed by atoms with Crippen LogP contribution in [0.5, 0.6) is 0 Å². The predicted molar refractivity (Wildman–Crippen MR) is 112 cm³/mol. The Labute approximate surface area is 169 Å². The van der Waals surface area contributed by atoms with E-state index in [9.17, 15) is 13.2 Å². The fourth-order valence-electron chi connectivity index (χ4n) is 3.02. The lowest BCUT2D eigenvalue weighted by Crippen LogP contribution is -2.42.